The molecule has 0 bridgehead atoms. The van der Waals surface area contributed by atoms with Gasteiger partial charge in [0.2, 0.25) is 5.91 Å². The molecule has 1 heterocycles. The highest BCUT2D eigenvalue weighted by atomic mass is 16.2. The van der Waals surface area contributed by atoms with Gasteiger partial charge in [0, 0.05) is 25.6 Å². The molecule has 0 saturated carbocycles. The van der Waals surface area contributed by atoms with Crippen molar-refractivity contribution in [3.05, 3.63) is 0 Å². The van der Waals surface area contributed by atoms with Gasteiger partial charge in [-0.05, 0) is 44.1 Å². The largest absolute Gasteiger partial charge is 0.343 e. The minimum atomic E-state index is 0.348. The van der Waals surface area contributed by atoms with E-state index in [0.717, 1.165) is 38.9 Å². The Balaban J connectivity index is 2.42. The van der Waals surface area contributed by atoms with Crippen molar-refractivity contribution in [1.29, 1.82) is 0 Å². The molecule has 0 aromatic carbocycles. The first-order valence-corrected chi connectivity index (χ1v) is 8.00. The molecule has 1 rings (SSSR count). The molecule has 1 aliphatic heterocycles. The Morgan fingerprint density at radius 1 is 1.16 bits per heavy atom. The molecular weight excluding hydrogens is 236 g/mol. The Labute approximate surface area is 119 Å². The lowest BCUT2D eigenvalue weighted by Gasteiger charge is -2.26. The molecule has 1 fully saturated rings. The summed E-state index contributed by atoms with van der Waals surface area (Å²) in [7, 11) is 0. The van der Waals surface area contributed by atoms with Crippen LogP contribution in [-0.4, -0.2) is 36.5 Å². The quantitative estimate of drug-likeness (QED) is 0.734. The lowest BCUT2D eigenvalue weighted by Crippen LogP contribution is -2.38. The minimum absolute atomic E-state index is 0.348. The molecule has 1 amide bonds. The number of hydrogen-bond donors (Lipinski definition) is 1. The summed E-state index contributed by atoms with van der Waals surface area (Å²) in [6, 6.07) is 0.424. The number of rotatable bonds is 8. The lowest BCUT2D eigenvalue weighted by molar-refractivity contribution is -0.132. The molecule has 112 valence electrons. The van der Waals surface area contributed by atoms with E-state index in [0.29, 0.717) is 30.2 Å². The van der Waals surface area contributed by atoms with Gasteiger partial charge in [0.25, 0.3) is 0 Å². The smallest absolute Gasteiger partial charge is 0.224 e. The van der Waals surface area contributed by atoms with E-state index in [-0.39, 0.29) is 0 Å². The number of hydrogen-bond acceptors (Lipinski definition) is 2. The summed E-state index contributed by atoms with van der Waals surface area (Å²) in [6.45, 7) is 11.8. The molecular formula is C16H32N2O. The van der Waals surface area contributed by atoms with Crippen LogP contribution in [0.1, 0.15) is 59.8 Å². The van der Waals surface area contributed by atoms with Gasteiger partial charge in [-0.3, -0.25) is 4.79 Å². The molecule has 0 spiro atoms. The fourth-order valence-corrected chi connectivity index (χ4v) is 2.46. The van der Waals surface area contributed by atoms with Gasteiger partial charge in [-0.2, -0.15) is 0 Å². The van der Waals surface area contributed by atoms with Crippen LogP contribution in [0.15, 0.2) is 0 Å². The van der Waals surface area contributed by atoms with E-state index in [1.54, 1.807) is 0 Å². The molecule has 1 saturated heterocycles. The summed E-state index contributed by atoms with van der Waals surface area (Å²) in [4.78, 5) is 14.5. The van der Waals surface area contributed by atoms with Crippen molar-refractivity contribution in [1.82, 2.24) is 10.2 Å². The van der Waals surface area contributed by atoms with E-state index in [4.69, 9.17) is 0 Å². The van der Waals surface area contributed by atoms with Crippen LogP contribution >= 0.6 is 0 Å². The standard InChI is InChI=1S/C16H32N2O/c1-13(2)7-10-18(11-8-14(3)4)16(19)12-15-6-5-9-17-15/h13-15,17H,5-12H2,1-4H3. The predicted octanol–water partition coefficient (Wildman–Crippen LogP) is 3.05. The monoisotopic (exact) mass is 268 g/mol. The maximum atomic E-state index is 12.4. The lowest BCUT2D eigenvalue weighted by atomic mass is 10.1. The van der Waals surface area contributed by atoms with E-state index in [1.165, 1.54) is 6.42 Å². The van der Waals surface area contributed by atoms with Crippen LogP contribution in [-0.2, 0) is 4.79 Å². The average molecular weight is 268 g/mol. The maximum Gasteiger partial charge on any atom is 0.224 e. The molecule has 3 nitrogen and oxygen atoms in total. The van der Waals surface area contributed by atoms with Crippen LogP contribution in [0.5, 0.6) is 0 Å². The summed E-state index contributed by atoms with van der Waals surface area (Å²) < 4.78 is 0. The van der Waals surface area contributed by atoms with Crippen LogP contribution in [0, 0.1) is 11.8 Å². The highest BCUT2D eigenvalue weighted by molar-refractivity contribution is 5.76. The van der Waals surface area contributed by atoms with Crippen molar-refractivity contribution in [3.63, 3.8) is 0 Å². The summed E-state index contributed by atoms with van der Waals surface area (Å²) in [5, 5.41) is 3.42. The van der Waals surface area contributed by atoms with Crippen molar-refractivity contribution >= 4 is 5.91 Å². The van der Waals surface area contributed by atoms with Crippen LogP contribution < -0.4 is 5.32 Å². The number of amides is 1. The minimum Gasteiger partial charge on any atom is -0.343 e. The third kappa shape index (κ3) is 6.95. The fraction of sp³-hybridized carbons (Fsp3) is 0.938. The van der Waals surface area contributed by atoms with Gasteiger partial charge in [-0.15, -0.1) is 0 Å². The summed E-state index contributed by atoms with van der Waals surface area (Å²) in [5.41, 5.74) is 0. The summed E-state index contributed by atoms with van der Waals surface area (Å²) >= 11 is 0. The zero-order chi connectivity index (χ0) is 14.3. The van der Waals surface area contributed by atoms with Crippen molar-refractivity contribution < 1.29 is 4.79 Å². The van der Waals surface area contributed by atoms with Crippen LogP contribution in [0.2, 0.25) is 0 Å². The number of nitrogens with one attached hydrogen (secondary N) is 1. The van der Waals surface area contributed by atoms with Gasteiger partial charge in [0.1, 0.15) is 0 Å². The van der Waals surface area contributed by atoms with Crippen LogP contribution in [0.25, 0.3) is 0 Å². The van der Waals surface area contributed by atoms with Gasteiger partial charge >= 0.3 is 0 Å². The van der Waals surface area contributed by atoms with Crippen molar-refractivity contribution in [2.75, 3.05) is 19.6 Å². The summed E-state index contributed by atoms with van der Waals surface area (Å²) in [5.74, 6) is 1.68. The Bertz CT molecular complexity index is 245. The first-order valence-electron chi connectivity index (χ1n) is 8.00. The van der Waals surface area contributed by atoms with Gasteiger partial charge in [-0.25, -0.2) is 0 Å². The normalized spacial score (nSPS) is 19.4. The first-order chi connectivity index (χ1) is 8.99. The predicted molar refractivity (Wildman–Crippen MR) is 81.1 cm³/mol. The third-order valence-corrected chi connectivity index (χ3v) is 3.89. The highest BCUT2D eigenvalue weighted by Gasteiger charge is 2.21. The van der Waals surface area contributed by atoms with E-state index in [2.05, 4.69) is 37.9 Å². The van der Waals surface area contributed by atoms with Crippen molar-refractivity contribution in [3.8, 4) is 0 Å². The topological polar surface area (TPSA) is 32.3 Å². The average Bonchev–Trinajstić information content (AvgIpc) is 2.80. The van der Waals surface area contributed by atoms with Gasteiger partial charge in [0.05, 0.1) is 0 Å². The molecule has 1 N–H and O–H groups in total. The second-order valence-electron chi connectivity index (χ2n) is 6.74. The molecule has 0 aromatic heterocycles. The third-order valence-electron chi connectivity index (χ3n) is 3.89. The van der Waals surface area contributed by atoms with E-state index in [9.17, 15) is 4.79 Å². The van der Waals surface area contributed by atoms with Gasteiger partial charge < -0.3 is 10.2 Å². The molecule has 1 aliphatic rings. The van der Waals surface area contributed by atoms with E-state index < -0.39 is 0 Å². The van der Waals surface area contributed by atoms with Crippen molar-refractivity contribution in [2.24, 2.45) is 11.8 Å². The zero-order valence-corrected chi connectivity index (χ0v) is 13.2. The second kappa shape index (κ2) is 8.57. The zero-order valence-electron chi connectivity index (χ0n) is 13.2. The number of carbonyl (C=O) groups is 1. The van der Waals surface area contributed by atoms with E-state index in [1.807, 2.05) is 0 Å². The fourth-order valence-electron chi connectivity index (χ4n) is 2.46. The molecule has 0 radical (unpaired) electrons. The highest BCUT2D eigenvalue weighted by Crippen LogP contribution is 2.13. The molecule has 0 aliphatic carbocycles. The number of nitrogens with zero attached hydrogens (tertiary/aromatic N) is 1. The molecule has 0 aromatic rings. The Hall–Kier alpha value is -0.570. The first kappa shape index (κ1) is 16.5. The SMILES string of the molecule is CC(C)CCN(CCC(C)C)C(=O)CC1CCCN1. The molecule has 1 unspecified atom stereocenters. The van der Waals surface area contributed by atoms with Crippen LogP contribution in [0.3, 0.4) is 0 Å². The molecule has 1 atom stereocenters. The van der Waals surface area contributed by atoms with Crippen LogP contribution in [0.4, 0.5) is 0 Å². The molecule has 3 heteroatoms. The second-order valence-corrected chi connectivity index (χ2v) is 6.74. The Morgan fingerprint density at radius 3 is 2.16 bits per heavy atom. The number of carbonyl (C=O) groups excluding carboxylic acids is 1. The Morgan fingerprint density at radius 2 is 1.74 bits per heavy atom. The van der Waals surface area contributed by atoms with Gasteiger partial charge in [0.15, 0.2) is 0 Å². The van der Waals surface area contributed by atoms with E-state index >= 15 is 0 Å². The Kier molecular flexibility index (Phi) is 7.44. The van der Waals surface area contributed by atoms with Crippen molar-refractivity contribution in [2.45, 2.75) is 65.8 Å². The maximum absolute atomic E-state index is 12.4. The summed E-state index contributed by atoms with van der Waals surface area (Å²) in [6.07, 6.45) is 5.30. The van der Waals surface area contributed by atoms with Gasteiger partial charge in [-0.1, -0.05) is 27.7 Å². The molecule has 19 heavy (non-hydrogen) atoms.